The molecule has 0 saturated carbocycles. The lowest BCUT2D eigenvalue weighted by Crippen LogP contribution is -2.34. The molecule has 0 radical (unpaired) electrons. The number of ether oxygens (including phenoxy) is 1. The number of nitrogens with one attached hydrogen (secondary N) is 1. The van der Waals surface area contributed by atoms with Crippen molar-refractivity contribution in [3.8, 4) is 0 Å². The van der Waals surface area contributed by atoms with Gasteiger partial charge in [0.2, 0.25) is 0 Å². The molecule has 5 nitrogen and oxygen atoms in total. The van der Waals surface area contributed by atoms with Gasteiger partial charge in [0.25, 0.3) is 0 Å². The van der Waals surface area contributed by atoms with Gasteiger partial charge in [-0.25, -0.2) is 9.97 Å². The number of para-hydroxylation sites is 1. The quantitative estimate of drug-likeness (QED) is 0.778. The lowest BCUT2D eigenvalue weighted by molar-refractivity contribution is 0.177. The van der Waals surface area contributed by atoms with E-state index in [1.54, 1.807) is 7.11 Å². The molecule has 0 aliphatic carbocycles. The summed E-state index contributed by atoms with van der Waals surface area (Å²) in [6, 6.07) is 13.1. The molecule has 3 aromatic rings. The van der Waals surface area contributed by atoms with Crippen LogP contribution in [0.5, 0.6) is 0 Å². The van der Waals surface area contributed by atoms with E-state index in [2.05, 4.69) is 51.3 Å². The summed E-state index contributed by atoms with van der Waals surface area (Å²) in [4.78, 5) is 15.3. The van der Waals surface area contributed by atoms with Gasteiger partial charge in [0.1, 0.15) is 12.4 Å². The van der Waals surface area contributed by atoms with Crippen LogP contribution in [0, 0.1) is 6.92 Å². The predicted octanol–water partition coefficient (Wildman–Crippen LogP) is 4.14. The van der Waals surface area contributed by atoms with Crippen molar-refractivity contribution in [2.24, 2.45) is 0 Å². The number of aromatic amines is 1. The van der Waals surface area contributed by atoms with Gasteiger partial charge in [0, 0.05) is 36.6 Å². The first-order valence-corrected chi connectivity index (χ1v) is 8.92. The zero-order chi connectivity index (χ0) is 17.2. The fourth-order valence-corrected chi connectivity index (χ4v) is 3.76. The molecule has 5 heteroatoms. The summed E-state index contributed by atoms with van der Waals surface area (Å²) >= 11 is 0. The molecule has 3 heterocycles. The number of aryl methyl sites for hydroxylation is 1. The lowest BCUT2D eigenvalue weighted by atomic mass is 9.99. The number of aromatic nitrogens is 3. The second-order valence-corrected chi connectivity index (χ2v) is 6.73. The van der Waals surface area contributed by atoms with Gasteiger partial charge in [-0.15, -0.1) is 0 Å². The van der Waals surface area contributed by atoms with E-state index in [4.69, 9.17) is 9.72 Å². The Hall–Kier alpha value is -2.40. The molecule has 2 aromatic heterocycles. The van der Waals surface area contributed by atoms with Crippen LogP contribution in [-0.2, 0) is 11.3 Å². The van der Waals surface area contributed by atoms with Crippen LogP contribution in [0.25, 0.3) is 10.9 Å². The Labute approximate surface area is 148 Å². The van der Waals surface area contributed by atoms with Crippen molar-refractivity contribution in [2.45, 2.75) is 38.8 Å². The highest BCUT2D eigenvalue weighted by Crippen LogP contribution is 2.35. The van der Waals surface area contributed by atoms with Crippen molar-refractivity contribution < 1.29 is 4.74 Å². The monoisotopic (exact) mass is 336 g/mol. The molecule has 4 rings (SSSR count). The molecule has 130 valence electrons. The SMILES string of the molecule is COCc1nc(C)cc(N2CCCCC2c2cc3ccccc3[nH]2)n1. The first kappa shape index (κ1) is 16.1. The van der Waals surface area contributed by atoms with E-state index in [0.717, 1.165) is 30.3 Å². The highest BCUT2D eigenvalue weighted by molar-refractivity contribution is 5.80. The number of anilines is 1. The Morgan fingerprint density at radius 1 is 1.20 bits per heavy atom. The van der Waals surface area contributed by atoms with Gasteiger partial charge in [0.15, 0.2) is 5.82 Å². The molecule has 1 saturated heterocycles. The largest absolute Gasteiger partial charge is 0.377 e. The third-order valence-corrected chi connectivity index (χ3v) is 4.87. The molecule has 0 amide bonds. The van der Waals surface area contributed by atoms with E-state index in [0.29, 0.717) is 12.6 Å². The van der Waals surface area contributed by atoms with E-state index in [1.165, 1.54) is 29.4 Å². The highest BCUT2D eigenvalue weighted by atomic mass is 16.5. The molecular formula is C20H24N4O. The Bertz CT molecular complexity index is 840. The molecule has 0 spiro atoms. The number of rotatable bonds is 4. The molecule has 1 N–H and O–H groups in total. The number of benzene rings is 1. The van der Waals surface area contributed by atoms with Gasteiger partial charge in [-0.3, -0.25) is 0 Å². The second-order valence-electron chi connectivity index (χ2n) is 6.73. The molecule has 1 fully saturated rings. The maximum Gasteiger partial charge on any atom is 0.156 e. The van der Waals surface area contributed by atoms with Crippen LogP contribution < -0.4 is 4.90 Å². The first-order chi connectivity index (χ1) is 12.2. The lowest BCUT2D eigenvalue weighted by Gasteiger charge is -2.36. The summed E-state index contributed by atoms with van der Waals surface area (Å²) in [5, 5.41) is 1.27. The zero-order valence-corrected chi connectivity index (χ0v) is 14.8. The van der Waals surface area contributed by atoms with Crippen molar-refractivity contribution >= 4 is 16.7 Å². The Kier molecular flexibility index (Phi) is 4.40. The second kappa shape index (κ2) is 6.84. The maximum atomic E-state index is 5.23. The fourth-order valence-electron chi connectivity index (χ4n) is 3.76. The molecule has 1 unspecified atom stereocenters. The van der Waals surface area contributed by atoms with Gasteiger partial charge in [-0.05, 0) is 43.7 Å². The van der Waals surface area contributed by atoms with E-state index < -0.39 is 0 Å². The van der Waals surface area contributed by atoms with Gasteiger partial charge in [-0.2, -0.15) is 0 Å². The zero-order valence-electron chi connectivity index (χ0n) is 14.8. The van der Waals surface area contributed by atoms with Crippen molar-refractivity contribution in [2.75, 3.05) is 18.6 Å². The number of hydrogen-bond acceptors (Lipinski definition) is 4. The number of methoxy groups -OCH3 is 1. The first-order valence-electron chi connectivity index (χ1n) is 8.92. The number of fused-ring (bicyclic) bond motifs is 1. The van der Waals surface area contributed by atoms with Gasteiger partial charge in [-0.1, -0.05) is 18.2 Å². The molecule has 1 aromatic carbocycles. The topological polar surface area (TPSA) is 54.0 Å². The average molecular weight is 336 g/mol. The summed E-state index contributed by atoms with van der Waals surface area (Å²) in [7, 11) is 1.68. The average Bonchev–Trinajstić information content (AvgIpc) is 3.05. The fraction of sp³-hybridized carbons (Fsp3) is 0.400. The van der Waals surface area contributed by atoms with Crippen LogP contribution in [0.3, 0.4) is 0 Å². The summed E-state index contributed by atoms with van der Waals surface area (Å²) < 4.78 is 5.23. The highest BCUT2D eigenvalue weighted by Gasteiger charge is 2.27. The summed E-state index contributed by atoms with van der Waals surface area (Å²) in [5.41, 5.74) is 3.45. The van der Waals surface area contributed by atoms with Crippen molar-refractivity contribution in [3.63, 3.8) is 0 Å². The molecule has 0 bridgehead atoms. The summed E-state index contributed by atoms with van der Waals surface area (Å²) in [5.74, 6) is 1.75. The Morgan fingerprint density at radius 3 is 2.92 bits per heavy atom. The molecule has 1 aliphatic heterocycles. The van der Waals surface area contributed by atoms with Crippen LogP contribution >= 0.6 is 0 Å². The minimum atomic E-state index is 0.325. The van der Waals surface area contributed by atoms with Crippen molar-refractivity contribution in [1.82, 2.24) is 15.0 Å². The summed E-state index contributed by atoms with van der Waals surface area (Å²) in [6.07, 6.45) is 3.57. The number of hydrogen-bond donors (Lipinski definition) is 1. The smallest absolute Gasteiger partial charge is 0.156 e. The molecule has 25 heavy (non-hydrogen) atoms. The maximum absolute atomic E-state index is 5.23. The molecule has 1 aliphatic rings. The van der Waals surface area contributed by atoms with Crippen molar-refractivity contribution in [3.05, 3.63) is 53.6 Å². The number of nitrogens with zero attached hydrogens (tertiary/aromatic N) is 3. The number of H-pyrrole nitrogens is 1. The van der Waals surface area contributed by atoms with E-state index >= 15 is 0 Å². The summed E-state index contributed by atoms with van der Waals surface area (Å²) in [6.45, 7) is 3.48. The Balaban J connectivity index is 1.71. The van der Waals surface area contributed by atoms with Gasteiger partial charge < -0.3 is 14.6 Å². The standard InChI is InChI=1S/C20H24N4O/c1-14-11-20(23-19(21-14)13-25-2)24-10-6-5-9-18(24)17-12-15-7-3-4-8-16(15)22-17/h3-4,7-8,11-12,18,22H,5-6,9-10,13H2,1-2H3. The van der Waals surface area contributed by atoms with Crippen LogP contribution in [-0.4, -0.2) is 28.6 Å². The third kappa shape index (κ3) is 3.24. The van der Waals surface area contributed by atoms with Crippen LogP contribution in [0.15, 0.2) is 36.4 Å². The van der Waals surface area contributed by atoms with Crippen LogP contribution in [0.4, 0.5) is 5.82 Å². The Morgan fingerprint density at radius 2 is 2.08 bits per heavy atom. The van der Waals surface area contributed by atoms with Gasteiger partial charge >= 0.3 is 0 Å². The van der Waals surface area contributed by atoms with Crippen LogP contribution in [0.2, 0.25) is 0 Å². The number of piperidine rings is 1. The van der Waals surface area contributed by atoms with E-state index in [1.807, 2.05) is 6.92 Å². The predicted molar refractivity (Wildman–Crippen MR) is 99.7 cm³/mol. The van der Waals surface area contributed by atoms with E-state index in [-0.39, 0.29) is 0 Å². The molecule has 1 atom stereocenters. The van der Waals surface area contributed by atoms with Crippen LogP contribution in [0.1, 0.15) is 42.5 Å². The van der Waals surface area contributed by atoms with E-state index in [9.17, 15) is 0 Å². The minimum absolute atomic E-state index is 0.325. The van der Waals surface area contributed by atoms with Crippen molar-refractivity contribution in [1.29, 1.82) is 0 Å². The third-order valence-electron chi connectivity index (χ3n) is 4.87. The molecular weight excluding hydrogens is 312 g/mol. The normalized spacial score (nSPS) is 18.0. The minimum Gasteiger partial charge on any atom is -0.377 e. The van der Waals surface area contributed by atoms with Gasteiger partial charge in [0.05, 0.1) is 6.04 Å².